The average Bonchev–Trinajstić information content (AvgIpc) is 2.56. The van der Waals surface area contributed by atoms with Gasteiger partial charge in [0, 0.05) is 11.0 Å². The largest absolute Gasteiger partial charge is 0.291 e. The maximum Gasteiger partial charge on any atom is 0.102 e. The fourth-order valence-electron chi connectivity index (χ4n) is 3.06. The van der Waals surface area contributed by atoms with E-state index in [1.807, 2.05) is 6.07 Å². The number of benzene rings is 2. The van der Waals surface area contributed by atoms with E-state index in [-0.39, 0.29) is 18.5 Å². The van der Waals surface area contributed by atoms with E-state index in [4.69, 9.17) is 4.84 Å². The van der Waals surface area contributed by atoms with E-state index >= 15 is 0 Å². The zero-order valence-electron chi connectivity index (χ0n) is 13.3. The van der Waals surface area contributed by atoms with Crippen molar-refractivity contribution in [1.82, 2.24) is 5.06 Å². The smallest absolute Gasteiger partial charge is 0.102 e. The quantitative estimate of drug-likeness (QED) is 0.620. The minimum absolute atomic E-state index is 0. The van der Waals surface area contributed by atoms with Crippen LogP contribution in [0.1, 0.15) is 49.5 Å². The normalized spacial score (nSPS) is 19.8. The number of halogens is 2. The predicted octanol–water partition coefficient (Wildman–Crippen LogP) is 6.09. The van der Waals surface area contributed by atoms with Crippen molar-refractivity contribution in [2.24, 2.45) is 0 Å². The topological polar surface area (TPSA) is 12.5 Å². The van der Waals surface area contributed by atoms with Crippen LogP contribution in [0, 0.1) is 0 Å². The maximum absolute atomic E-state index is 6.31. The van der Waals surface area contributed by atoms with E-state index in [0.717, 1.165) is 17.4 Å². The second-order valence-electron chi connectivity index (χ2n) is 5.87. The van der Waals surface area contributed by atoms with Crippen molar-refractivity contribution in [2.75, 3.05) is 6.54 Å². The Hall–Kier alpha value is -0.870. The maximum atomic E-state index is 6.31. The molecule has 23 heavy (non-hydrogen) atoms. The lowest BCUT2D eigenvalue weighted by Crippen LogP contribution is -2.34. The highest BCUT2D eigenvalue weighted by molar-refractivity contribution is 9.10. The van der Waals surface area contributed by atoms with Crippen LogP contribution in [0.5, 0.6) is 0 Å². The molecule has 0 radical (unpaired) electrons. The molecule has 0 aromatic heterocycles. The summed E-state index contributed by atoms with van der Waals surface area (Å²) in [5.41, 5.74) is 2.55. The lowest BCUT2D eigenvalue weighted by molar-refractivity contribution is -0.231. The summed E-state index contributed by atoms with van der Waals surface area (Å²) in [5.74, 6) is 0. The summed E-state index contributed by atoms with van der Waals surface area (Å²) >= 11 is 3.54. The molecule has 0 saturated carbocycles. The number of piperidine rings is 1. The van der Waals surface area contributed by atoms with Crippen molar-refractivity contribution in [3.8, 4) is 0 Å². The van der Waals surface area contributed by atoms with Gasteiger partial charge in [0.15, 0.2) is 0 Å². The van der Waals surface area contributed by atoms with Crippen molar-refractivity contribution in [3.63, 3.8) is 0 Å². The van der Waals surface area contributed by atoms with Gasteiger partial charge in [-0.3, -0.25) is 4.84 Å². The predicted molar refractivity (Wildman–Crippen MR) is 101 cm³/mol. The molecule has 124 valence electrons. The number of hydrogen-bond donors (Lipinski definition) is 0. The van der Waals surface area contributed by atoms with E-state index in [2.05, 4.69) is 76.4 Å². The van der Waals surface area contributed by atoms with Gasteiger partial charge in [-0.1, -0.05) is 64.8 Å². The highest BCUT2D eigenvalue weighted by Gasteiger charge is 2.26. The van der Waals surface area contributed by atoms with Crippen LogP contribution in [0.3, 0.4) is 0 Å². The summed E-state index contributed by atoms with van der Waals surface area (Å²) in [6.45, 7) is 3.12. The van der Waals surface area contributed by atoms with Gasteiger partial charge in [-0.15, -0.1) is 12.4 Å². The van der Waals surface area contributed by atoms with Gasteiger partial charge in [0.25, 0.3) is 0 Å². The highest BCUT2D eigenvalue weighted by Crippen LogP contribution is 2.33. The molecule has 1 aliphatic rings. The minimum Gasteiger partial charge on any atom is -0.291 e. The molecule has 2 aromatic rings. The molecule has 1 saturated heterocycles. The van der Waals surface area contributed by atoms with Gasteiger partial charge in [0.05, 0.1) is 6.04 Å². The molecule has 2 atom stereocenters. The van der Waals surface area contributed by atoms with E-state index in [1.54, 1.807) is 0 Å². The first kappa shape index (κ1) is 18.5. The van der Waals surface area contributed by atoms with Gasteiger partial charge in [-0.05, 0) is 43.0 Å². The molecule has 0 N–H and O–H groups in total. The summed E-state index contributed by atoms with van der Waals surface area (Å²) in [6.07, 6.45) is 3.69. The molecule has 0 bridgehead atoms. The number of hydrogen-bond acceptors (Lipinski definition) is 2. The molecule has 4 heteroatoms. The highest BCUT2D eigenvalue weighted by atomic mass is 79.9. The number of rotatable bonds is 4. The Kier molecular flexibility index (Phi) is 7.09. The van der Waals surface area contributed by atoms with Gasteiger partial charge in [-0.2, -0.15) is 5.06 Å². The second kappa shape index (κ2) is 8.84. The van der Waals surface area contributed by atoms with Gasteiger partial charge in [0.2, 0.25) is 0 Å². The lowest BCUT2D eigenvalue weighted by atomic mass is 9.97. The Morgan fingerprint density at radius 3 is 2.61 bits per heavy atom. The van der Waals surface area contributed by atoms with Gasteiger partial charge in [0.1, 0.15) is 6.10 Å². The van der Waals surface area contributed by atoms with Crippen molar-refractivity contribution in [2.45, 2.75) is 38.3 Å². The zero-order chi connectivity index (χ0) is 15.4. The Morgan fingerprint density at radius 1 is 1.09 bits per heavy atom. The van der Waals surface area contributed by atoms with Crippen molar-refractivity contribution < 1.29 is 4.84 Å². The third-order valence-corrected chi connectivity index (χ3v) is 4.74. The van der Waals surface area contributed by atoms with Crippen LogP contribution in [0.15, 0.2) is 59.1 Å². The summed E-state index contributed by atoms with van der Waals surface area (Å²) in [5, 5.41) is 2.18. The van der Waals surface area contributed by atoms with E-state index in [9.17, 15) is 0 Å². The van der Waals surface area contributed by atoms with E-state index < -0.39 is 0 Å². The van der Waals surface area contributed by atoms with Crippen LogP contribution in [0.2, 0.25) is 0 Å². The fourth-order valence-corrected chi connectivity index (χ4v) is 3.48. The Labute approximate surface area is 153 Å². The third-order valence-electron chi connectivity index (χ3n) is 4.25. The molecular formula is C19H23BrClNO. The molecule has 1 aliphatic heterocycles. The number of hydroxylamine groups is 2. The average molecular weight is 397 g/mol. The Balaban J connectivity index is 0.00000192. The molecular weight excluding hydrogens is 374 g/mol. The van der Waals surface area contributed by atoms with Crippen molar-refractivity contribution in [3.05, 3.63) is 70.2 Å². The fraction of sp³-hybridized carbons (Fsp3) is 0.368. The molecule has 1 heterocycles. The van der Waals surface area contributed by atoms with Crippen LogP contribution in [0.25, 0.3) is 0 Å². The summed E-state index contributed by atoms with van der Waals surface area (Å²) in [4.78, 5) is 6.31. The Bertz CT molecular complexity index is 607. The SMILES string of the molecule is CC(ON1CCCCC1c1ccccc1)c1cccc(Br)c1.Cl. The first-order valence-electron chi connectivity index (χ1n) is 7.98. The molecule has 0 amide bonds. The van der Waals surface area contributed by atoms with Gasteiger partial charge < -0.3 is 0 Å². The van der Waals surface area contributed by atoms with E-state index in [1.165, 1.54) is 24.0 Å². The first-order valence-corrected chi connectivity index (χ1v) is 8.77. The van der Waals surface area contributed by atoms with Gasteiger partial charge in [-0.25, -0.2) is 0 Å². The molecule has 0 spiro atoms. The van der Waals surface area contributed by atoms with Gasteiger partial charge >= 0.3 is 0 Å². The number of nitrogens with zero attached hydrogens (tertiary/aromatic N) is 1. The standard InChI is InChI=1S/C19H22BrNO.ClH/c1-15(17-10-7-11-18(20)14-17)22-21-13-6-5-12-19(21)16-8-3-2-4-9-16;/h2-4,7-11,14-15,19H,5-6,12-13H2,1H3;1H. The van der Waals surface area contributed by atoms with Crippen LogP contribution in [-0.4, -0.2) is 11.6 Å². The van der Waals surface area contributed by atoms with Crippen LogP contribution >= 0.6 is 28.3 Å². The monoisotopic (exact) mass is 395 g/mol. The molecule has 0 aliphatic carbocycles. The summed E-state index contributed by atoms with van der Waals surface area (Å²) < 4.78 is 1.10. The second-order valence-corrected chi connectivity index (χ2v) is 6.78. The summed E-state index contributed by atoms with van der Waals surface area (Å²) in [6, 6.07) is 19.4. The van der Waals surface area contributed by atoms with Crippen LogP contribution in [0.4, 0.5) is 0 Å². The Morgan fingerprint density at radius 2 is 1.87 bits per heavy atom. The van der Waals surface area contributed by atoms with Crippen LogP contribution in [-0.2, 0) is 4.84 Å². The van der Waals surface area contributed by atoms with Crippen molar-refractivity contribution in [1.29, 1.82) is 0 Å². The molecule has 2 nitrogen and oxygen atoms in total. The molecule has 2 unspecified atom stereocenters. The summed E-state index contributed by atoms with van der Waals surface area (Å²) in [7, 11) is 0. The third kappa shape index (κ3) is 4.80. The van der Waals surface area contributed by atoms with Crippen molar-refractivity contribution >= 4 is 28.3 Å². The minimum atomic E-state index is 0. The molecule has 2 aromatic carbocycles. The van der Waals surface area contributed by atoms with Crippen LogP contribution < -0.4 is 0 Å². The van der Waals surface area contributed by atoms with E-state index in [0.29, 0.717) is 6.04 Å². The molecule has 1 fully saturated rings. The zero-order valence-corrected chi connectivity index (χ0v) is 15.7. The molecule has 3 rings (SSSR count). The first-order chi connectivity index (χ1) is 10.7. The lowest BCUT2D eigenvalue weighted by Gasteiger charge is -2.36.